The summed E-state index contributed by atoms with van der Waals surface area (Å²) in [4.78, 5) is 12.0. The standard InChI is InChI=1S/C18H19NO6S/c1-3-23-18(20)13-5-4-6-14(11-13)19(2)26(21,22)15-7-8-16-17(12-15)25-10-9-24-16/h4-8,11-12H,3,9-10H2,1-2H3. The molecule has 0 aliphatic carbocycles. The third-order valence-electron chi connectivity index (χ3n) is 3.89. The van der Waals surface area contributed by atoms with Gasteiger partial charge in [-0.1, -0.05) is 6.07 Å². The number of nitrogens with zero attached hydrogens (tertiary/aromatic N) is 1. The number of ether oxygens (including phenoxy) is 3. The van der Waals surface area contributed by atoms with Crippen molar-refractivity contribution in [2.24, 2.45) is 0 Å². The van der Waals surface area contributed by atoms with Crippen LogP contribution in [-0.2, 0) is 14.8 Å². The van der Waals surface area contributed by atoms with Gasteiger partial charge >= 0.3 is 5.97 Å². The van der Waals surface area contributed by atoms with E-state index < -0.39 is 16.0 Å². The number of carbonyl (C=O) groups excluding carboxylic acids is 1. The molecule has 0 saturated heterocycles. The van der Waals surface area contributed by atoms with Gasteiger partial charge in [0.1, 0.15) is 13.2 Å². The second-order valence-electron chi connectivity index (χ2n) is 5.55. The van der Waals surface area contributed by atoms with Crippen LogP contribution in [0.5, 0.6) is 11.5 Å². The van der Waals surface area contributed by atoms with Crippen molar-refractivity contribution in [2.75, 3.05) is 31.2 Å². The first-order valence-corrected chi connectivity index (χ1v) is 9.53. The van der Waals surface area contributed by atoms with Crippen molar-refractivity contribution in [2.45, 2.75) is 11.8 Å². The molecule has 7 nitrogen and oxygen atoms in total. The Kier molecular flexibility index (Phi) is 5.03. The Bertz CT molecular complexity index is 925. The maximum atomic E-state index is 12.9. The molecule has 8 heteroatoms. The van der Waals surface area contributed by atoms with Crippen LogP contribution in [0.25, 0.3) is 0 Å². The summed E-state index contributed by atoms with van der Waals surface area (Å²) in [6.45, 7) is 2.75. The summed E-state index contributed by atoms with van der Waals surface area (Å²) in [5.41, 5.74) is 0.638. The predicted molar refractivity (Wildman–Crippen MR) is 95.4 cm³/mol. The molecular formula is C18H19NO6S. The molecule has 0 saturated carbocycles. The van der Waals surface area contributed by atoms with Crippen LogP contribution in [0.4, 0.5) is 5.69 Å². The summed E-state index contributed by atoms with van der Waals surface area (Å²) in [5.74, 6) is 0.410. The predicted octanol–water partition coefficient (Wildman–Crippen LogP) is 2.46. The zero-order chi connectivity index (χ0) is 18.7. The van der Waals surface area contributed by atoms with Gasteiger partial charge in [-0.05, 0) is 37.3 Å². The Labute approximate surface area is 152 Å². The third kappa shape index (κ3) is 3.45. The number of fused-ring (bicyclic) bond motifs is 1. The van der Waals surface area contributed by atoms with Crippen LogP contribution in [-0.4, -0.2) is 41.3 Å². The summed E-state index contributed by atoms with van der Waals surface area (Å²) < 4.78 is 42.8. The maximum absolute atomic E-state index is 12.9. The molecule has 0 amide bonds. The van der Waals surface area contributed by atoms with Gasteiger partial charge in [0, 0.05) is 13.1 Å². The number of rotatable bonds is 5. The van der Waals surface area contributed by atoms with E-state index in [1.54, 1.807) is 31.2 Å². The molecule has 0 atom stereocenters. The first kappa shape index (κ1) is 18.1. The Morgan fingerprint density at radius 1 is 1.12 bits per heavy atom. The minimum atomic E-state index is -3.83. The first-order valence-electron chi connectivity index (χ1n) is 8.09. The van der Waals surface area contributed by atoms with Gasteiger partial charge in [-0.15, -0.1) is 0 Å². The van der Waals surface area contributed by atoms with Gasteiger partial charge in [0.05, 0.1) is 22.8 Å². The summed E-state index contributed by atoms with van der Waals surface area (Å²) in [5, 5.41) is 0. The maximum Gasteiger partial charge on any atom is 0.338 e. The van der Waals surface area contributed by atoms with E-state index in [-0.39, 0.29) is 17.1 Å². The third-order valence-corrected chi connectivity index (χ3v) is 5.67. The molecule has 1 aliphatic heterocycles. The zero-order valence-electron chi connectivity index (χ0n) is 14.5. The second-order valence-corrected chi connectivity index (χ2v) is 7.52. The quantitative estimate of drug-likeness (QED) is 0.745. The highest BCUT2D eigenvalue weighted by atomic mass is 32.2. The highest BCUT2D eigenvalue weighted by molar-refractivity contribution is 7.92. The van der Waals surface area contributed by atoms with Crippen LogP contribution in [0.15, 0.2) is 47.4 Å². The molecule has 0 unspecified atom stereocenters. The molecule has 1 aliphatic rings. The fourth-order valence-electron chi connectivity index (χ4n) is 2.52. The van der Waals surface area contributed by atoms with Crippen LogP contribution in [0.2, 0.25) is 0 Å². The summed E-state index contributed by atoms with van der Waals surface area (Å²) >= 11 is 0. The number of benzene rings is 2. The summed E-state index contributed by atoms with van der Waals surface area (Å²) in [7, 11) is -2.41. The monoisotopic (exact) mass is 377 g/mol. The normalized spacial score (nSPS) is 13.2. The lowest BCUT2D eigenvalue weighted by molar-refractivity contribution is 0.0526. The van der Waals surface area contributed by atoms with Crippen molar-refractivity contribution < 1.29 is 27.4 Å². The molecule has 0 aromatic heterocycles. The number of esters is 1. The van der Waals surface area contributed by atoms with E-state index >= 15 is 0 Å². The minimum Gasteiger partial charge on any atom is -0.486 e. The van der Waals surface area contributed by atoms with Crippen molar-refractivity contribution in [1.29, 1.82) is 0 Å². The molecule has 0 radical (unpaired) electrons. The summed E-state index contributed by atoms with van der Waals surface area (Å²) in [6, 6.07) is 10.8. The minimum absolute atomic E-state index is 0.0748. The Morgan fingerprint density at radius 2 is 1.85 bits per heavy atom. The fraction of sp³-hybridized carbons (Fsp3) is 0.278. The lowest BCUT2D eigenvalue weighted by Crippen LogP contribution is -2.27. The number of carbonyl (C=O) groups is 1. The van der Waals surface area contributed by atoms with Gasteiger partial charge in [-0.3, -0.25) is 4.31 Å². The number of hydrogen-bond donors (Lipinski definition) is 0. The zero-order valence-corrected chi connectivity index (χ0v) is 15.3. The lowest BCUT2D eigenvalue weighted by Gasteiger charge is -2.22. The van der Waals surface area contributed by atoms with Gasteiger partial charge in [0.15, 0.2) is 11.5 Å². The Hall–Kier alpha value is -2.74. The Morgan fingerprint density at radius 3 is 2.58 bits per heavy atom. The molecule has 2 aromatic carbocycles. The van der Waals surface area contributed by atoms with Crippen molar-refractivity contribution in [1.82, 2.24) is 0 Å². The van der Waals surface area contributed by atoms with E-state index in [1.807, 2.05) is 0 Å². The smallest absolute Gasteiger partial charge is 0.338 e. The highest BCUT2D eigenvalue weighted by Crippen LogP contribution is 2.33. The van der Waals surface area contributed by atoms with E-state index in [4.69, 9.17) is 14.2 Å². The highest BCUT2D eigenvalue weighted by Gasteiger charge is 2.24. The second kappa shape index (κ2) is 7.25. The molecule has 26 heavy (non-hydrogen) atoms. The molecule has 2 aromatic rings. The SMILES string of the molecule is CCOC(=O)c1cccc(N(C)S(=O)(=O)c2ccc3c(c2)OCCO3)c1. The number of sulfonamides is 1. The van der Waals surface area contributed by atoms with Crippen molar-refractivity contribution in [3.05, 3.63) is 48.0 Å². The van der Waals surface area contributed by atoms with Gasteiger partial charge < -0.3 is 14.2 Å². The van der Waals surface area contributed by atoms with Crippen LogP contribution in [0.3, 0.4) is 0 Å². The average molecular weight is 377 g/mol. The van der Waals surface area contributed by atoms with Crippen molar-refractivity contribution in [3.63, 3.8) is 0 Å². The molecule has 0 N–H and O–H groups in total. The molecule has 138 valence electrons. The van der Waals surface area contributed by atoms with Crippen molar-refractivity contribution in [3.8, 4) is 11.5 Å². The van der Waals surface area contributed by atoms with E-state index in [1.165, 1.54) is 25.2 Å². The van der Waals surface area contributed by atoms with Crippen LogP contribution >= 0.6 is 0 Å². The molecule has 1 heterocycles. The van der Waals surface area contributed by atoms with E-state index in [9.17, 15) is 13.2 Å². The van der Waals surface area contributed by atoms with Gasteiger partial charge in [-0.25, -0.2) is 13.2 Å². The lowest BCUT2D eigenvalue weighted by atomic mass is 10.2. The fourth-order valence-corrected chi connectivity index (χ4v) is 3.73. The van der Waals surface area contributed by atoms with Gasteiger partial charge in [0.2, 0.25) is 0 Å². The average Bonchev–Trinajstić information content (AvgIpc) is 2.67. The Balaban J connectivity index is 1.92. The topological polar surface area (TPSA) is 82.1 Å². The molecule has 0 fully saturated rings. The van der Waals surface area contributed by atoms with Crippen LogP contribution in [0.1, 0.15) is 17.3 Å². The molecular weight excluding hydrogens is 358 g/mol. The van der Waals surface area contributed by atoms with Crippen molar-refractivity contribution >= 4 is 21.7 Å². The van der Waals surface area contributed by atoms with Gasteiger partial charge in [-0.2, -0.15) is 0 Å². The number of hydrogen-bond acceptors (Lipinski definition) is 6. The van der Waals surface area contributed by atoms with E-state index in [0.29, 0.717) is 30.4 Å². The first-order chi connectivity index (χ1) is 12.4. The van der Waals surface area contributed by atoms with E-state index in [2.05, 4.69) is 0 Å². The van der Waals surface area contributed by atoms with Crippen LogP contribution < -0.4 is 13.8 Å². The summed E-state index contributed by atoms with van der Waals surface area (Å²) in [6.07, 6.45) is 0. The number of anilines is 1. The molecule has 0 bridgehead atoms. The van der Waals surface area contributed by atoms with E-state index in [0.717, 1.165) is 4.31 Å². The molecule has 3 rings (SSSR count). The molecule has 0 spiro atoms. The van der Waals surface area contributed by atoms with Gasteiger partial charge in [0.25, 0.3) is 10.0 Å². The van der Waals surface area contributed by atoms with Crippen LogP contribution in [0, 0.1) is 0 Å². The largest absolute Gasteiger partial charge is 0.486 e.